The van der Waals surface area contributed by atoms with Gasteiger partial charge in [-0.2, -0.15) is 0 Å². The van der Waals surface area contributed by atoms with E-state index in [0.717, 1.165) is 55.4 Å². The van der Waals surface area contributed by atoms with Crippen molar-refractivity contribution in [3.8, 4) is 0 Å². The number of carbonyl (C=O) groups excluding carboxylic acids is 2. The Morgan fingerprint density at radius 1 is 1.23 bits per heavy atom. The maximum atomic E-state index is 12.5. The minimum Gasteiger partial charge on any atom is -0.342 e. The fourth-order valence-corrected chi connectivity index (χ4v) is 4.00. The fourth-order valence-electron chi connectivity index (χ4n) is 4.00. The predicted molar refractivity (Wildman–Crippen MR) is 100.0 cm³/mol. The number of carbonyl (C=O) groups is 2. The lowest BCUT2D eigenvalue weighted by Crippen LogP contribution is -2.40. The molecule has 1 atom stereocenters. The fraction of sp³-hybridized carbons (Fsp3) is 0.684. The molecule has 2 aliphatic rings. The maximum absolute atomic E-state index is 12.5. The van der Waals surface area contributed by atoms with Crippen LogP contribution in [0.25, 0.3) is 0 Å². The van der Waals surface area contributed by atoms with Gasteiger partial charge in [0.1, 0.15) is 11.6 Å². The van der Waals surface area contributed by atoms with Gasteiger partial charge in [-0.05, 0) is 46.6 Å². The van der Waals surface area contributed by atoms with Gasteiger partial charge < -0.3 is 4.90 Å². The summed E-state index contributed by atoms with van der Waals surface area (Å²) in [5.41, 5.74) is 2.02. The van der Waals surface area contributed by atoms with Crippen LogP contribution in [0.5, 0.6) is 0 Å². The molecule has 1 aromatic rings. The number of aromatic nitrogens is 2. The maximum Gasteiger partial charge on any atom is 0.236 e. The summed E-state index contributed by atoms with van der Waals surface area (Å²) in [4.78, 5) is 39.8. The van der Waals surface area contributed by atoms with E-state index in [1.807, 2.05) is 25.7 Å². The number of hydrogen-bond acceptors (Lipinski definition) is 5. The van der Waals surface area contributed by atoms with Crippen molar-refractivity contribution in [2.75, 3.05) is 38.1 Å². The smallest absolute Gasteiger partial charge is 0.236 e. The lowest BCUT2D eigenvalue weighted by atomic mass is 10.0. The van der Waals surface area contributed by atoms with Crippen LogP contribution in [-0.4, -0.2) is 64.8 Å². The van der Waals surface area contributed by atoms with Crippen LogP contribution in [-0.2, 0) is 16.0 Å². The molecular formula is C19H29N5O2. The van der Waals surface area contributed by atoms with Gasteiger partial charge in [-0.3, -0.25) is 19.4 Å². The second-order valence-electron chi connectivity index (χ2n) is 7.12. The van der Waals surface area contributed by atoms with E-state index in [1.165, 1.54) is 0 Å². The molecule has 0 bridgehead atoms. The molecule has 3 rings (SSSR count). The highest BCUT2D eigenvalue weighted by molar-refractivity contribution is 5.94. The van der Waals surface area contributed by atoms with Crippen molar-refractivity contribution in [2.24, 2.45) is 0 Å². The highest BCUT2D eigenvalue weighted by atomic mass is 16.2. The van der Waals surface area contributed by atoms with Gasteiger partial charge in [0, 0.05) is 37.8 Å². The van der Waals surface area contributed by atoms with E-state index >= 15 is 0 Å². The molecule has 0 aromatic carbocycles. The van der Waals surface area contributed by atoms with Gasteiger partial charge in [0.05, 0.1) is 12.6 Å². The molecule has 3 heterocycles. The molecule has 7 heteroatoms. The van der Waals surface area contributed by atoms with E-state index in [0.29, 0.717) is 19.4 Å². The molecule has 7 nitrogen and oxygen atoms in total. The van der Waals surface area contributed by atoms with Crippen LogP contribution in [0.15, 0.2) is 0 Å². The minimum atomic E-state index is 0.0453. The van der Waals surface area contributed by atoms with E-state index in [1.54, 1.807) is 11.9 Å². The molecular weight excluding hydrogens is 330 g/mol. The topological polar surface area (TPSA) is 69.6 Å². The summed E-state index contributed by atoms with van der Waals surface area (Å²) in [6.07, 6.45) is 3.20. The Morgan fingerprint density at radius 2 is 1.96 bits per heavy atom. The van der Waals surface area contributed by atoms with Crippen LogP contribution in [0.4, 0.5) is 5.82 Å². The normalized spacial score (nSPS) is 20.4. The average Bonchev–Trinajstić information content (AvgIpc) is 3.07. The zero-order valence-corrected chi connectivity index (χ0v) is 16.3. The van der Waals surface area contributed by atoms with Crippen LogP contribution >= 0.6 is 0 Å². The Balaban J connectivity index is 1.85. The molecule has 2 amide bonds. The van der Waals surface area contributed by atoms with Gasteiger partial charge in [0.25, 0.3) is 0 Å². The third-order valence-electron chi connectivity index (χ3n) is 5.61. The predicted octanol–water partition coefficient (Wildman–Crippen LogP) is 1.70. The van der Waals surface area contributed by atoms with Gasteiger partial charge in [-0.25, -0.2) is 9.97 Å². The second-order valence-corrected chi connectivity index (χ2v) is 7.12. The van der Waals surface area contributed by atoms with E-state index in [4.69, 9.17) is 9.97 Å². The monoisotopic (exact) mass is 359 g/mol. The van der Waals surface area contributed by atoms with Crippen LogP contribution in [0.2, 0.25) is 0 Å². The van der Waals surface area contributed by atoms with Crippen molar-refractivity contribution in [1.29, 1.82) is 0 Å². The highest BCUT2D eigenvalue weighted by Crippen LogP contribution is 2.33. The van der Waals surface area contributed by atoms with Crippen molar-refractivity contribution >= 4 is 17.6 Å². The summed E-state index contributed by atoms with van der Waals surface area (Å²) in [6, 6.07) is 0.0453. The number of rotatable bonds is 5. The first-order valence-corrected chi connectivity index (χ1v) is 9.62. The molecule has 0 unspecified atom stereocenters. The SMILES string of the molecule is CCN(CC)C(=O)CN1CCC[C@@H]1c1nc(C)c2c(n1)N(C)C(=O)CC2. The van der Waals surface area contributed by atoms with Crippen molar-refractivity contribution in [1.82, 2.24) is 19.8 Å². The number of anilines is 1. The van der Waals surface area contributed by atoms with E-state index in [9.17, 15) is 9.59 Å². The molecule has 1 aromatic heterocycles. The van der Waals surface area contributed by atoms with Crippen LogP contribution in [0.1, 0.15) is 56.2 Å². The van der Waals surface area contributed by atoms with Gasteiger partial charge in [0.2, 0.25) is 11.8 Å². The molecule has 0 N–H and O–H groups in total. The van der Waals surface area contributed by atoms with E-state index in [2.05, 4.69) is 4.90 Å². The summed E-state index contributed by atoms with van der Waals surface area (Å²) in [5.74, 6) is 1.74. The number of hydrogen-bond donors (Lipinski definition) is 0. The van der Waals surface area contributed by atoms with E-state index < -0.39 is 0 Å². The number of amides is 2. The Bertz CT molecular complexity index is 701. The molecule has 0 radical (unpaired) electrons. The molecule has 0 saturated carbocycles. The van der Waals surface area contributed by atoms with Crippen molar-refractivity contribution in [2.45, 2.75) is 52.5 Å². The first-order valence-electron chi connectivity index (χ1n) is 9.62. The quantitative estimate of drug-likeness (QED) is 0.800. The third-order valence-corrected chi connectivity index (χ3v) is 5.61. The number of nitrogens with zero attached hydrogens (tertiary/aromatic N) is 5. The minimum absolute atomic E-state index is 0.0453. The van der Waals surface area contributed by atoms with Gasteiger partial charge in [-0.15, -0.1) is 0 Å². The van der Waals surface area contributed by atoms with Crippen molar-refractivity contribution in [3.63, 3.8) is 0 Å². The van der Waals surface area contributed by atoms with Gasteiger partial charge in [0.15, 0.2) is 0 Å². The summed E-state index contributed by atoms with van der Waals surface area (Å²) >= 11 is 0. The van der Waals surface area contributed by atoms with Crippen LogP contribution in [0.3, 0.4) is 0 Å². The first-order chi connectivity index (χ1) is 12.5. The molecule has 0 spiro atoms. The molecule has 142 valence electrons. The molecule has 2 aliphatic heterocycles. The Hall–Kier alpha value is -2.02. The Morgan fingerprint density at radius 3 is 2.65 bits per heavy atom. The van der Waals surface area contributed by atoms with Crippen molar-refractivity contribution < 1.29 is 9.59 Å². The summed E-state index contributed by atoms with van der Waals surface area (Å²) in [5, 5.41) is 0. The molecule has 1 fully saturated rings. The van der Waals surface area contributed by atoms with Crippen LogP contribution in [0, 0.1) is 6.92 Å². The molecule has 0 aliphatic carbocycles. The highest BCUT2D eigenvalue weighted by Gasteiger charge is 2.33. The lowest BCUT2D eigenvalue weighted by Gasteiger charge is -2.29. The van der Waals surface area contributed by atoms with E-state index in [-0.39, 0.29) is 17.9 Å². The number of fused-ring (bicyclic) bond motifs is 1. The van der Waals surface area contributed by atoms with Gasteiger partial charge in [-0.1, -0.05) is 0 Å². The number of likely N-dealkylation sites (tertiary alicyclic amines) is 1. The average molecular weight is 359 g/mol. The Labute approximate surface area is 155 Å². The van der Waals surface area contributed by atoms with Crippen molar-refractivity contribution in [3.05, 3.63) is 17.1 Å². The molecule has 1 saturated heterocycles. The lowest BCUT2D eigenvalue weighted by molar-refractivity contribution is -0.132. The summed E-state index contributed by atoms with van der Waals surface area (Å²) in [7, 11) is 1.78. The number of aryl methyl sites for hydroxylation is 1. The molecule has 26 heavy (non-hydrogen) atoms. The van der Waals surface area contributed by atoms with Gasteiger partial charge >= 0.3 is 0 Å². The number of likely N-dealkylation sites (N-methyl/N-ethyl adjacent to an activating group) is 1. The largest absolute Gasteiger partial charge is 0.342 e. The third kappa shape index (κ3) is 3.45. The summed E-state index contributed by atoms with van der Waals surface area (Å²) < 4.78 is 0. The summed E-state index contributed by atoms with van der Waals surface area (Å²) in [6.45, 7) is 8.75. The van der Waals surface area contributed by atoms with Crippen LogP contribution < -0.4 is 4.90 Å². The first kappa shape index (κ1) is 18.8. The Kier molecular flexibility index (Phi) is 5.55. The zero-order valence-electron chi connectivity index (χ0n) is 16.3. The second kappa shape index (κ2) is 7.70. The zero-order chi connectivity index (χ0) is 18.8. The standard InChI is InChI=1S/C19H29N5O2/c1-5-23(6-2)17(26)12-24-11-7-8-15(24)18-20-13(3)14-9-10-16(25)22(4)19(14)21-18/h15H,5-12H2,1-4H3/t15-/m1/s1.